The van der Waals surface area contributed by atoms with Crippen LogP contribution in [0.3, 0.4) is 0 Å². The summed E-state index contributed by atoms with van der Waals surface area (Å²) >= 11 is 1.74. The number of hydrogen-bond donors (Lipinski definition) is 0. The second-order valence-corrected chi connectivity index (χ2v) is 4.10. The molecule has 0 aliphatic carbocycles. The maximum atomic E-state index is 5.65. The summed E-state index contributed by atoms with van der Waals surface area (Å²) < 4.78 is 6.91. The Labute approximate surface area is 79.6 Å². The van der Waals surface area contributed by atoms with Crippen LogP contribution in [0.5, 0.6) is 0 Å². The normalized spacial score (nSPS) is 11.5. The topological polar surface area (TPSA) is 13.1 Å². The molecule has 3 aromatic rings. The highest BCUT2D eigenvalue weighted by atomic mass is 32.1. The highest BCUT2D eigenvalue weighted by molar-refractivity contribution is 7.18. The molecule has 0 aliphatic heterocycles. The van der Waals surface area contributed by atoms with Crippen molar-refractivity contribution in [1.82, 2.24) is 0 Å². The fraction of sp³-hybridized carbons (Fsp3) is 0.0909. The number of thiophene rings is 1. The van der Waals surface area contributed by atoms with Crippen molar-refractivity contribution in [3.63, 3.8) is 0 Å². The van der Waals surface area contributed by atoms with Crippen molar-refractivity contribution in [2.75, 3.05) is 0 Å². The second-order valence-electron chi connectivity index (χ2n) is 3.18. The highest BCUT2D eigenvalue weighted by Gasteiger charge is 2.05. The molecule has 3 rings (SSSR count). The molecular weight excluding hydrogens is 180 g/mol. The first kappa shape index (κ1) is 7.15. The lowest BCUT2D eigenvalue weighted by Gasteiger charge is -1.89. The van der Waals surface area contributed by atoms with Crippen LogP contribution in [-0.2, 0) is 0 Å². The molecule has 2 heteroatoms. The molecule has 0 spiro atoms. The van der Waals surface area contributed by atoms with Crippen molar-refractivity contribution >= 4 is 32.4 Å². The zero-order chi connectivity index (χ0) is 8.84. The molecule has 0 aliphatic rings. The zero-order valence-electron chi connectivity index (χ0n) is 7.20. The third kappa shape index (κ3) is 0.923. The highest BCUT2D eigenvalue weighted by Crippen LogP contribution is 2.31. The van der Waals surface area contributed by atoms with Crippen molar-refractivity contribution in [3.8, 4) is 0 Å². The van der Waals surface area contributed by atoms with E-state index in [1.807, 2.05) is 6.92 Å². The Kier molecular flexibility index (Phi) is 1.30. The van der Waals surface area contributed by atoms with E-state index in [0.29, 0.717) is 0 Å². The Morgan fingerprint density at radius 3 is 2.92 bits per heavy atom. The molecule has 0 N–H and O–H groups in total. The van der Waals surface area contributed by atoms with Crippen LogP contribution in [0.4, 0.5) is 0 Å². The Morgan fingerprint density at radius 1 is 1.15 bits per heavy atom. The van der Waals surface area contributed by atoms with Crippen molar-refractivity contribution in [2.24, 2.45) is 0 Å². The third-order valence-electron chi connectivity index (χ3n) is 2.23. The quantitative estimate of drug-likeness (QED) is 0.520. The summed E-state index contributed by atoms with van der Waals surface area (Å²) in [7, 11) is 0. The second kappa shape index (κ2) is 2.36. The molecule has 1 nitrogen and oxygen atoms in total. The van der Waals surface area contributed by atoms with Gasteiger partial charge in [0.1, 0.15) is 5.76 Å². The minimum atomic E-state index is 0.982. The van der Waals surface area contributed by atoms with E-state index in [4.69, 9.17) is 4.42 Å². The Morgan fingerprint density at radius 2 is 2.00 bits per heavy atom. The first-order valence-corrected chi connectivity index (χ1v) is 5.09. The predicted molar refractivity (Wildman–Crippen MR) is 56.3 cm³/mol. The summed E-state index contributed by atoms with van der Waals surface area (Å²) in [6.45, 7) is 1.99. The summed E-state index contributed by atoms with van der Waals surface area (Å²) in [6.07, 6.45) is 0. The molecule has 13 heavy (non-hydrogen) atoms. The Bertz CT molecular complexity index is 574. The van der Waals surface area contributed by atoms with E-state index in [-0.39, 0.29) is 0 Å². The van der Waals surface area contributed by atoms with Gasteiger partial charge < -0.3 is 4.42 Å². The van der Waals surface area contributed by atoms with Crippen LogP contribution in [0.2, 0.25) is 0 Å². The van der Waals surface area contributed by atoms with Gasteiger partial charge in [-0.1, -0.05) is 12.1 Å². The van der Waals surface area contributed by atoms with Crippen LogP contribution in [0.25, 0.3) is 21.1 Å². The van der Waals surface area contributed by atoms with Crippen molar-refractivity contribution in [1.29, 1.82) is 0 Å². The van der Waals surface area contributed by atoms with Gasteiger partial charge in [-0.15, -0.1) is 11.3 Å². The van der Waals surface area contributed by atoms with Gasteiger partial charge in [-0.3, -0.25) is 0 Å². The van der Waals surface area contributed by atoms with Gasteiger partial charge in [0, 0.05) is 5.39 Å². The molecule has 0 radical (unpaired) electrons. The Hall–Kier alpha value is -1.28. The average Bonchev–Trinajstić information content (AvgIpc) is 2.65. The first-order chi connectivity index (χ1) is 6.34. The summed E-state index contributed by atoms with van der Waals surface area (Å²) in [6, 6.07) is 8.45. The molecule has 64 valence electrons. The number of aryl methyl sites for hydroxylation is 1. The number of furan rings is 1. The molecule has 2 heterocycles. The van der Waals surface area contributed by atoms with Crippen LogP contribution in [0, 0.1) is 6.92 Å². The van der Waals surface area contributed by atoms with Crippen molar-refractivity contribution < 1.29 is 4.42 Å². The van der Waals surface area contributed by atoms with E-state index < -0.39 is 0 Å². The molecular formula is C11H8OS. The van der Waals surface area contributed by atoms with Crippen molar-refractivity contribution in [2.45, 2.75) is 6.92 Å². The molecule has 0 amide bonds. The van der Waals surface area contributed by atoms with E-state index in [9.17, 15) is 0 Å². The Balaban J connectivity index is 2.64. The summed E-state index contributed by atoms with van der Waals surface area (Å²) in [5.74, 6) is 0.982. The fourth-order valence-electron chi connectivity index (χ4n) is 1.65. The lowest BCUT2D eigenvalue weighted by Crippen LogP contribution is -1.63. The number of fused-ring (bicyclic) bond motifs is 3. The molecule has 0 atom stereocenters. The standard InChI is InChI=1S/C11H8OS/c1-7-6-9-3-2-8-4-5-13-11(8)10(9)12-7/h2-6H,1H3. The molecule has 0 unspecified atom stereocenters. The molecule has 0 bridgehead atoms. The maximum absolute atomic E-state index is 5.65. The van der Waals surface area contributed by atoms with Crippen LogP contribution in [0.15, 0.2) is 34.1 Å². The van der Waals surface area contributed by atoms with Gasteiger partial charge in [0.25, 0.3) is 0 Å². The maximum Gasteiger partial charge on any atom is 0.152 e. The molecule has 2 aromatic heterocycles. The molecule has 0 saturated heterocycles. The van der Waals surface area contributed by atoms with E-state index in [2.05, 4.69) is 29.6 Å². The van der Waals surface area contributed by atoms with Crippen LogP contribution >= 0.6 is 11.3 Å². The smallest absolute Gasteiger partial charge is 0.152 e. The molecule has 0 fully saturated rings. The van der Waals surface area contributed by atoms with Gasteiger partial charge >= 0.3 is 0 Å². The molecule has 1 aromatic carbocycles. The SMILES string of the molecule is Cc1cc2ccc3ccsc3c2o1. The van der Waals surface area contributed by atoms with E-state index >= 15 is 0 Å². The first-order valence-electron chi connectivity index (χ1n) is 4.21. The predicted octanol–water partition coefficient (Wildman–Crippen LogP) is 3.96. The van der Waals surface area contributed by atoms with Gasteiger partial charge in [0.2, 0.25) is 0 Å². The minimum absolute atomic E-state index is 0.982. The van der Waals surface area contributed by atoms with Gasteiger partial charge in [-0.05, 0) is 29.8 Å². The fourth-order valence-corrected chi connectivity index (χ4v) is 2.54. The average molecular weight is 188 g/mol. The van der Waals surface area contributed by atoms with Gasteiger partial charge in [-0.25, -0.2) is 0 Å². The lowest BCUT2D eigenvalue weighted by molar-refractivity contribution is 0.582. The van der Waals surface area contributed by atoms with Crippen LogP contribution in [0.1, 0.15) is 5.76 Å². The van der Waals surface area contributed by atoms with E-state index in [0.717, 1.165) is 11.3 Å². The zero-order valence-corrected chi connectivity index (χ0v) is 8.02. The van der Waals surface area contributed by atoms with Crippen molar-refractivity contribution in [3.05, 3.63) is 35.4 Å². The summed E-state index contributed by atoms with van der Waals surface area (Å²) in [5.41, 5.74) is 1.03. The number of benzene rings is 1. The van der Waals surface area contributed by atoms with Crippen LogP contribution in [-0.4, -0.2) is 0 Å². The monoisotopic (exact) mass is 188 g/mol. The van der Waals surface area contributed by atoms with Crippen LogP contribution < -0.4 is 0 Å². The van der Waals surface area contributed by atoms with E-state index in [1.165, 1.54) is 15.5 Å². The minimum Gasteiger partial charge on any atom is -0.460 e. The summed E-state index contributed by atoms with van der Waals surface area (Å²) in [4.78, 5) is 0. The van der Waals surface area contributed by atoms with Gasteiger partial charge in [-0.2, -0.15) is 0 Å². The van der Waals surface area contributed by atoms with Gasteiger partial charge in [0.05, 0.1) is 4.70 Å². The largest absolute Gasteiger partial charge is 0.460 e. The number of hydrogen-bond acceptors (Lipinski definition) is 2. The third-order valence-corrected chi connectivity index (χ3v) is 3.16. The number of rotatable bonds is 0. The lowest BCUT2D eigenvalue weighted by atomic mass is 10.2. The van der Waals surface area contributed by atoms with E-state index in [1.54, 1.807) is 11.3 Å². The summed E-state index contributed by atoms with van der Waals surface area (Å²) in [5, 5.41) is 4.57. The molecule has 0 saturated carbocycles. The van der Waals surface area contributed by atoms with Gasteiger partial charge in [0.15, 0.2) is 5.58 Å².